The molecule has 2 rings (SSSR count). The summed E-state index contributed by atoms with van der Waals surface area (Å²) in [5.41, 5.74) is 4.21. The van der Waals surface area contributed by atoms with Crippen molar-refractivity contribution in [3.63, 3.8) is 0 Å². The van der Waals surface area contributed by atoms with Crippen LogP contribution < -0.4 is 16.0 Å². The van der Waals surface area contributed by atoms with Crippen LogP contribution in [0.25, 0.3) is 0 Å². The van der Waals surface area contributed by atoms with E-state index in [1.807, 2.05) is 23.9 Å². The molecule has 0 spiro atoms. The van der Waals surface area contributed by atoms with Gasteiger partial charge in [0.25, 0.3) is 0 Å². The summed E-state index contributed by atoms with van der Waals surface area (Å²) in [4.78, 5) is 0. The summed E-state index contributed by atoms with van der Waals surface area (Å²) in [5, 5.41) is 0. The predicted octanol–water partition coefficient (Wildman–Crippen LogP) is 1.82. The summed E-state index contributed by atoms with van der Waals surface area (Å²) in [5.74, 6) is 9.80. The van der Waals surface area contributed by atoms with Gasteiger partial charge in [-0.1, -0.05) is 18.2 Å². The van der Waals surface area contributed by atoms with Crippen molar-refractivity contribution in [3.05, 3.63) is 29.8 Å². The third kappa shape index (κ3) is 3.15. The van der Waals surface area contributed by atoms with Crippen molar-refractivity contribution in [2.45, 2.75) is 18.9 Å². The third-order valence-corrected chi connectivity index (χ3v) is 4.57. The van der Waals surface area contributed by atoms with Crippen LogP contribution >= 0.6 is 11.8 Å². The van der Waals surface area contributed by atoms with Gasteiger partial charge in [-0.2, -0.15) is 11.8 Å². The lowest BCUT2D eigenvalue weighted by molar-refractivity contribution is 0.371. The Morgan fingerprint density at radius 3 is 3.00 bits per heavy atom. The van der Waals surface area contributed by atoms with Crippen LogP contribution in [0.1, 0.15) is 12.0 Å². The summed E-state index contributed by atoms with van der Waals surface area (Å²) in [6, 6.07) is 8.52. The van der Waals surface area contributed by atoms with Gasteiger partial charge in [-0.05, 0) is 41.9 Å². The number of benzene rings is 1. The molecule has 94 valence electrons. The highest BCUT2D eigenvalue weighted by Crippen LogP contribution is 2.29. The van der Waals surface area contributed by atoms with E-state index in [4.69, 9.17) is 10.6 Å². The fourth-order valence-corrected chi connectivity index (χ4v) is 3.68. The van der Waals surface area contributed by atoms with Crippen molar-refractivity contribution in [3.8, 4) is 5.75 Å². The van der Waals surface area contributed by atoms with Gasteiger partial charge in [0.05, 0.1) is 7.11 Å². The molecule has 4 heteroatoms. The minimum absolute atomic E-state index is 0.348. The molecule has 0 saturated carbocycles. The fourth-order valence-electron chi connectivity index (χ4n) is 2.34. The first kappa shape index (κ1) is 12.7. The highest BCUT2D eigenvalue weighted by Gasteiger charge is 2.25. The van der Waals surface area contributed by atoms with E-state index in [0.717, 1.165) is 12.2 Å². The zero-order valence-electron chi connectivity index (χ0n) is 10.2. The van der Waals surface area contributed by atoms with Crippen molar-refractivity contribution in [1.29, 1.82) is 0 Å². The lowest BCUT2D eigenvalue weighted by atomic mass is 9.93. The number of para-hydroxylation sites is 1. The molecule has 17 heavy (non-hydrogen) atoms. The number of methoxy groups -OCH3 is 1. The van der Waals surface area contributed by atoms with Crippen molar-refractivity contribution >= 4 is 11.8 Å². The second-order valence-corrected chi connectivity index (χ2v) is 5.56. The van der Waals surface area contributed by atoms with Gasteiger partial charge in [-0.3, -0.25) is 11.3 Å². The van der Waals surface area contributed by atoms with Gasteiger partial charge in [-0.15, -0.1) is 0 Å². The monoisotopic (exact) mass is 252 g/mol. The number of nitrogens with two attached hydrogens (primary N) is 1. The van der Waals surface area contributed by atoms with E-state index in [2.05, 4.69) is 17.6 Å². The number of ether oxygens (including phenoxy) is 1. The van der Waals surface area contributed by atoms with Gasteiger partial charge in [0.1, 0.15) is 5.75 Å². The normalized spacial score (nSPS) is 21.4. The van der Waals surface area contributed by atoms with E-state index in [1.54, 1.807) is 7.11 Å². The molecule has 2 unspecified atom stereocenters. The zero-order chi connectivity index (χ0) is 12.1. The molecule has 1 saturated heterocycles. The molecule has 1 fully saturated rings. The Bertz CT molecular complexity index is 353. The molecule has 1 aromatic carbocycles. The second kappa shape index (κ2) is 6.28. The van der Waals surface area contributed by atoms with Crippen LogP contribution in [0.2, 0.25) is 0 Å². The average molecular weight is 252 g/mol. The van der Waals surface area contributed by atoms with Crippen LogP contribution in [0.5, 0.6) is 5.75 Å². The molecule has 0 aliphatic carbocycles. The van der Waals surface area contributed by atoms with Crippen LogP contribution in [0.15, 0.2) is 24.3 Å². The number of nitrogens with one attached hydrogen (secondary N) is 1. The lowest BCUT2D eigenvalue weighted by Crippen LogP contribution is -2.42. The fraction of sp³-hybridized carbons (Fsp3) is 0.538. The molecule has 1 aromatic rings. The molecular formula is C13H20N2OS. The molecule has 1 aliphatic rings. The molecule has 0 aromatic heterocycles. The Hall–Kier alpha value is -0.710. The smallest absolute Gasteiger partial charge is 0.122 e. The maximum absolute atomic E-state index is 5.69. The maximum atomic E-state index is 5.69. The highest BCUT2D eigenvalue weighted by molar-refractivity contribution is 7.99. The summed E-state index contributed by atoms with van der Waals surface area (Å²) in [6.07, 6.45) is 2.19. The minimum atomic E-state index is 0.348. The quantitative estimate of drug-likeness (QED) is 0.620. The average Bonchev–Trinajstić information content (AvgIpc) is 2.90. The lowest BCUT2D eigenvalue weighted by Gasteiger charge is -2.22. The molecule has 3 N–H and O–H groups in total. The van der Waals surface area contributed by atoms with E-state index in [0.29, 0.717) is 12.0 Å². The van der Waals surface area contributed by atoms with Crippen LogP contribution in [-0.2, 0) is 6.42 Å². The molecule has 0 bridgehead atoms. The topological polar surface area (TPSA) is 47.3 Å². The summed E-state index contributed by atoms with van der Waals surface area (Å²) in [6.45, 7) is 0. The van der Waals surface area contributed by atoms with E-state index in [1.165, 1.54) is 23.5 Å². The Morgan fingerprint density at radius 1 is 1.53 bits per heavy atom. The Balaban J connectivity index is 2.06. The summed E-state index contributed by atoms with van der Waals surface area (Å²) < 4.78 is 5.38. The van der Waals surface area contributed by atoms with Gasteiger partial charge in [-0.25, -0.2) is 0 Å². The van der Waals surface area contributed by atoms with Gasteiger partial charge in [0.2, 0.25) is 0 Å². The largest absolute Gasteiger partial charge is 0.496 e. The molecule has 3 nitrogen and oxygen atoms in total. The Morgan fingerprint density at radius 2 is 2.35 bits per heavy atom. The van der Waals surface area contributed by atoms with E-state index in [9.17, 15) is 0 Å². The summed E-state index contributed by atoms with van der Waals surface area (Å²) in [7, 11) is 1.72. The third-order valence-electron chi connectivity index (χ3n) is 3.38. The van der Waals surface area contributed by atoms with Crippen molar-refractivity contribution in [2.24, 2.45) is 11.8 Å². The van der Waals surface area contributed by atoms with Gasteiger partial charge >= 0.3 is 0 Å². The van der Waals surface area contributed by atoms with E-state index in [-0.39, 0.29) is 0 Å². The van der Waals surface area contributed by atoms with Crippen LogP contribution in [0, 0.1) is 5.92 Å². The molecule has 0 radical (unpaired) electrons. The molecule has 2 atom stereocenters. The molecular weight excluding hydrogens is 232 g/mol. The first-order valence-corrected chi connectivity index (χ1v) is 7.16. The van der Waals surface area contributed by atoms with Crippen molar-refractivity contribution in [2.75, 3.05) is 18.6 Å². The molecule has 1 aliphatic heterocycles. The number of hydrazine groups is 1. The van der Waals surface area contributed by atoms with Gasteiger partial charge < -0.3 is 4.74 Å². The van der Waals surface area contributed by atoms with Gasteiger partial charge in [0, 0.05) is 6.04 Å². The Labute approximate surface area is 107 Å². The predicted molar refractivity (Wildman–Crippen MR) is 73.2 cm³/mol. The van der Waals surface area contributed by atoms with Crippen molar-refractivity contribution < 1.29 is 4.74 Å². The van der Waals surface area contributed by atoms with Crippen molar-refractivity contribution in [1.82, 2.24) is 5.43 Å². The number of thioether (sulfide) groups is 1. The van der Waals surface area contributed by atoms with E-state index >= 15 is 0 Å². The second-order valence-electron chi connectivity index (χ2n) is 4.41. The SMILES string of the molecule is COc1ccccc1CC(NN)C1CCSC1. The minimum Gasteiger partial charge on any atom is -0.496 e. The Kier molecular flexibility index (Phi) is 4.71. The zero-order valence-corrected chi connectivity index (χ0v) is 11.0. The highest BCUT2D eigenvalue weighted by atomic mass is 32.2. The number of hydrogen-bond donors (Lipinski definition) is 2. The molecule has 1 heterocycles. The molecule has 0 amide bonds. The first-order valence-electron chi connectivity index (χ1n) is 6.01. The van der Waals surface area contributed by atoms with Crippen LogP contribution in [0.4, 0.5) is 0 Å². The van der Waals surface area contributed by atoms with E-state index < -0.39 is 0 Å². The maximum Gasteiger partial charge on any atom is 0.122 e. The number of hydrogen-bond acceptors (Lipinski definition) is 4. The number of rotatable bonds is 5. The first-order chi connectivity index (χ1) is 8.35. The van der Waals surface area contributed by atoms with Gasteiger partial charge in [0.15, 0.2) is 0 Å². The standard InChI is InChI=1S/C13H20N2OS/c1-16-13-5-3-2-4-10(13)8-12(15-14)11-6-7-17-9-11/h2-5,11-12,15H,6-9,14H2,1H3. The van der Waals surface area contributed by atoms with Crippen LogP contribution in [-0.4, -0.2) is 24.7 Å². The van der Waals surface area contributed by atoms with Crippen LogP contribution in [0.3, 0.4) is 0 Å². The summed E-state index contributed by atoms with van der Waals surface area (Å²) >= 11 is 2.02.